The van der Waals surface area contributed by atoms with Crippen LogP contribution in [0.3, 0.4) is 0 Å². The first kappa shape index (κ1) is 14.7. The van der Waals surface area contributed by atoms with E-state index in [2.05, 4.69) is 69.2 Å². The average Bonchev–Trinajstić information content (AvgIpc) is 2.43. The highest BCUT2D eigenvalue weighted by Crippen LogP contribution is 2.24. The van der Waals surface area contributed by atoms with Gasteiger partial charge in [0.25, 0.3) is 0 Å². The van der Waals surface area contributed by atoms with E-state index in [1.807, 2.05) is 12.4 Å². The number of nitrogens with one attached hydrogen (secondary N) is 1. The van der Waals surface area contributed by atoms with Crippen LogP contribution in [0.4, 0.5) is 0 Å². The Balaban J connectivity index is 2.16. The predicted molar refractivity (Wildman–Crippen MR) is 84.9 cm³/mol. The second kappa shape index (κ2) is 6.19. The van der Waals surface area contributed by atoms with Crippen molar-refractivity contribution >= 4 is 0 Å². The van der Waals surface area contributed by atoms with Gasteiger partial charge in [-0.15, -0.1) is 0 Å². The minimum Gasteiger partial charge on any atom is -0.304 e. The van der Waals surface area contributed by atoms with Crippen molar-refractivity contribution in [1.82, 2.24) is 10.3 Å². The number of pyridine rings is 1. The molecule has 2 atom stereocenters. The number of rotatable bonds is 4. The summed E-state index contributed by atoms with van der Waals surface area (Å²) < 4.78 is 0. The van der Waals surface area contributed by atoms with Crippen molar-refractivity contribution in [2.75, 3.05) is 0 Å². The molecule has 1 aromatic heterocycles. The fourth-order valence-electron chi connectivity index (χ4n) is 2.66. The van der Waals surface area contributed by atoms with Crippen molar-refractivity contribution in [3.63, 3.8) is 0 Å². The number of benzene rings is 1. The molecule has 0 aliphatic heterocycles. The van der Waals surface area contributed by atoms with Gasteiger partial charge in [-0.1, -0.05) is 12.1 Å². The third-order valence-corrected chi connectivity index (χ3v) is 4.05. The van der Waals surface area contributed by atoms with Crippen LogP contribution in [0.15, 0.2) is 36.7 Å². The number of aromatic nitrogens is 1. The molecule has 0 bridgehead atoms. The van der Waals surface area contributed by atoms with Crippen molar-refractivity contribution in [2.24, 2.45) is 0 Å². The molecule has 0 saturated carbocycles. The summed E-state index contributed by atoms with van der Waals surface area (Å²) in [7, 11) is 0. The summed E-state index contributed by atoms with van der Waals surface area (Å²) >= 11 is 0. The molecule has 0 aliphatic rings. The normalized spacial score (nSPS) is 14.1. The van der Waals surface area contributed by atoms with Crippen LogP contribution >= 0.6 is 0 Å². The first-order valence-electron chi connectivity index (χ1n) is 7.22. The third-order valence-electron chi connectivity index (χ3n) is 4.05. The Hall–Kier alpha value is -1.67. The Morgan fingerprint density at radius 1 is 0.850 bits per heavy atom. The maximum atomic E-state index is 4.07. The molecule has 0 aliphatic carbocycles. The number of hydrogen-bond donors (Lipinski definition) is 1. The summed E-state index contributed by atoms with van der Waals surface area (Å²) in [6.45, 7) is 11.0. The van der Waals surface area contributed by atoms with E-state index in [0.29, 0.717) is 12.1 Å². The third kappa shape index (κ3) is 3.26. The van der Waals surface area contributed by atoms with Crippen LogP contribution in [-0.2, 0) is 0 Å². The minimum absolute atomic E-state index is 0.314. The molecule has 2 aromatic rings. The van der Waals surface area contributed by atoms with Gasteiger partial charge in [-0.2, -0.15) is 0 Å². The Morgan fingerprint density at radius 3 is 2.10 bits per heavy atom. The van der Waals surface area contributed by atoms with Gasteiger partial charge in [0.15, 0.2) is 0 Å². The first-order valence-corrected chi connectivity index (χ1v) is 7.22. The minimum atomic E-state index is 0.314. The SMILES string of the molecule is Cc1cc(C)c(C(C)NC(C)c2ccncc2)cc1C. The zero-order valence-electron chi connectivity index (χ0n) is 13.1. The van der Waals surface area contributed by atoms with Gasteiger partial charge in [0, 0.05) is 24.5 Å². The standard InChI is InChI=1S/C18H24N2/c1-12-10-14(3)18(11-13(12)2)16(5)20-15(4)17-6-8-19-9-7-17/h6-11,15-16,20H,1-5H3. The Morgan fingerprint density at radius 2 is 1.45 bits per heavy atom. The summed E-state index contributed by atoms with van der Waals surface area (Å²) in [5.41, 5.74) is 6.73. The number of hydrogen-bond acceptors (Lipinski definition) is 2. The van der Waals surface area contributed by atoms with E-state index >= 15 is 0 Å². The lowest BCUT2D eigenvalue weighted by molar-refractivity contribution is 0.492. The maximum absolute atomic E-state index is 4.07. The molecule has 106 valence electrons. The molecule has 0 radical (unpaired) electrons. The summed E-state index contributed by atoms with van der Waals surface area (Å²) in [6.07, 6.45) is 3.69. The molecular weight excluding hydrogens is 244 g/mol. The lowest BCUT2D eigenvalue weighted by Crippen LogP contribution is -2.23. The lowest BCUT2D eigenvalue weighted by Gasteiger charge is -2.23. The summed E-state index contributed by atoms with van der Waals surface area (Å²) in [6, 6.07) is 9.36. The lowest BCUT2D eigenvalue weighted by atomic mass is 9.96. The average molecular weight is 268 g/mol. The molecule has 2 rings (SSSR count). The molecule has 0 fully saturated rings. The van der Waals surface area contributed by atoms with E-state index in [4.69, 9.17) is 0 Å². The molecule has 20 heavy (non-hydrogen) atoms. The van der Waals surface area contributed by atoms with Gasteiger partial charge in [0.2, 0.25) is 0 Å². The molecule has 2 heteroatoms. The highest BCUT2D eigenvalue weighted by atomic mass is 14.9. The van der Waals surface area contributed by atoms with Crippen LogP contribution in [0, 0.1) is 20.8 Å². The largest absolute Gasteiger partial charge is 0.304 e. The van der Waals surface area contributed by atoms with Crippen molar-refractivity contribution < 1.29 is 0 Å². The van der Waals surface area contributed by atoms with Crippen molar-refractivity contribution in [1.29, 1.82) is 0 Å². The summed E-state index contributed by atoms with van der Waals surface area (Å²) in [5, 5.41) is 3.67. The smallest absolute Gasteiger partial charge is 0.0300 e. The van der Waals surface area contributed by atoms with Gasteiger partial charge in [0.1, 0.15) is 0 Å². The van der Waals surface area contributed by atoms with Crippen LogP contribution in [0.25, 0.3) is 0 Å². The van der Waals surface area contributed by atoms with Crippen molar-refractivity contribution in [3.8, 4) is 0 Å². The monoisotopic (exact) mass is 268 g/mol. The van der Waals surface area contributed by atoms with Crippen LogP contribution in [-0.4, -0.2) is 4.98 Å². The molecule has 0 amide bonds. The predicted octanol–water partition coefficient (Wildman–Crippen LogP) is 4.42. The zero-order chi connectivity index (χ0) is 14.7. The van der Waals surface area contributed by atoms with Gasteiger partial charge in [-0.05, 0) is 74.6 Å². The fourth-order valence-corrected chi connectivity index (χ4v) is 2.66. The zero-order valence-corrected chi connectivity index (χ0v) is 13.1. The Kier molecular flexibility index (Phi) is 4.56. The summed E-state index contributed by atoms with van der Waals surface area (Å²) in [5.74, 6) is 0. The van der Waals surface area contributed by atoms with Crippen LogP contribution in [0.2, 0.25) is 0 Å². The van der Waals surface area contributed by atoms with Crippen LogP contribution in [0.5, 0.6) is 0 Å². The molecule has 1 N–H and O–H groups in total. The van der Waals surface area contributed by atoms with Gasteiger partial charge < -0.3 is 5.32 Å². The van der Waals surface area contributed by atoms with Crippen LogP contribution in [0.1, 0.15) is 53.7 Å². The molecule has 2 unspecified atom stereocenters. The summed E-state index contributed by atoms with van der Waals surface area (Å²) in [4.78, 5) is 4.07. The quantitative estimate of drug-likeness (QED) is 0.888. The van der Waals surface area contributed by atoms with Crippen molar-refractivity contribution in [3.05, 3.63) is 64.5 Å². The van der Waals surface area contributed by atoms with E-state index in [9.17, 15) is 0 Å². The molecule has 0 spiro atoms. The van der Waals surface area contributed by atoms with E-state index in [0.717, 1.165) is 0 Å². The van der Waals surface area contributed by atoms with E-state index in [1.54, 1.807) is 0 Å². The first-order chi connectivity index (χ1) is 9.49. The molecule has 1 heterocycles. The van der Waals surface area contributed by atoms with Gasteiger partial charge >= 0.3 is 0 Å². The van der Waals surface area contributed by atoms with Gasteiger partial charge in [-0.25, -0.2) is 0 Å². The topological polar surface area (TPSA) is 24.9 Å². The van der Waals surface area contributed by atoms with E-state index < -0.39 is 0 Å². The fraction of sp³-hybridized carbons (Fsp3) is 0.389. The highest BCUT2D eigenvalue weighted by Gasteiger charge is 2.13. The maximum Gasteiger partial charge on any atom is 0.0300 e. The van der Waals surface area contributed by atoms with E-state index in [-0.39, 0.29) is 0 Å². The van der Waals surface area contributed by atoms with Gasteiger partial charge in [0.05, 0.1) is 0 Å². The Bertz CT molecular complexity index is 575. The molecular formula is C18H24N2. The van der Waals surface area contributed by atoms with Gasteiger partial charge in [-0.3, -0.25) is 4.98 Å². The van der Waals surface area contributed by atoms with E-state index in [1.165, 1.54) is 27.8 Å². The second-order valence-corrected chi connectivity index (χ2v) is 5.68. The highest BCUT2D eigenvalue weighted by molar-refractivity contribution is 5.38. The Labute approximate surface area is 122 Å². The number of nitrogens with zero attached hydrogens (tertiary/aromatic N) is 1. The number of aryl methyl sites for hydroxylation is 3. The molecule has 2 nitrogen and oxygen atoms in total. The van der Waals surface area contributed by atoms with Crippen molar-refractivity contribution in [2.45, 2.75) is 46.7 Å². The molecule has 1 aromatic carbocycles. The second-order valence-electron chi connectivity index (χ2n) is 5.68. The van der Waals surface area contributed by atoms with Crippen LogP contribution < -0.4 is 5.32 Å². The molecule has 0 saturated heterocycles.